The van der Waals surface area contributed by atoms with Gasteiger partial charge in [-0.1, -0.05) is 0 Å². The van der Waals surface area contributed by atoms with Gasteiger partial charge in [-0.15, -0.1) is 0 Å². The summed E-state index contributed by atoms with van der Waals surface area (Å²) >= 11 is 0. The van der Waals surface area contributed by atoms with Crippen LogP contribution >= 0.6 is 0 Å². The Bertz CT molecular complexity index is 1420. The molecule has 0 radical (unpaired) electrons. The van der Waals surface area contributed by atoms with Crippen LogP contribution < -0.4 is 15.0 Å². The first-order chi connectivity index (χ1) is 18.4. The summed E-state index contributed by atoms with van der Waals surface area (Å²) in [4.78, 5) is 21.8. The number of sulfone groups is 1. The van der Waals surface area contributed by atoms with Gasteiger partial charge in [-0.3, -0.25) is 14.7 Å². The lowest BCUT2D eigenvalue weighted by molar-refractivity contribution is 0.0963. The summed E-state index contributed by atoms with van der Waals surface area (Å²) in [5, 5.41) is 13.1. The van der Waals surface area contributed by atoms with E-state index < -0.39 is 9.84 Å². The Morgan fingerprint density at radius 1 is 1.11 bits per heavy atom. The molecule has 202 valence electrons. The minimum Gasteiger partial charge on any atom is -0.497 e. The van der Waals surface area contributed by atoms with Crippen LogP contribution in [0.5, 0.6) is 5.75 Å². The molecule has 0 bridgehead atoms. The lowest BCUT2D eigenvalue weighted by Gasteiger charge is -2.40. The molecule has 9 nitrogen and oxygen atoms in total. The predicted octanol–water partition coefficient (Wildman–Crippen LogP) is 2.86. The molecule has 2 N–H and O–H groups in total. The normalized spacial score (nSPS) is 19.1. The minimum atomic E-state index is -3.92. The Hall–Kier alpha value is -3.21. The van der Waals surface area contributed by atoms with Crippen molar-refractivity contribution in [3.05, 3.63) is 54.2 Å². The van der Waals surface area contributed by atoms with Gasteiger partial charge in [0.25, 0.3) is 5.91 Å². The number of amides is 1. The Labute approximate surface area is 223 Å². The molecular weight excluding hydrogens is 504 g/mol. The zero-order valence-electron chi connectivity index (χ0n) is 21.8. The third-order valence-electron chi connectivity index (χ3n) is 7.84. The van der Waals surface area contributed by atoms with Gasteiger partial charge >= 0.3 is 0 Å². The van der Waals surface area contributed by atoms with Crippen molar-refractivity contribution in [2.75, 3.05) is 45.3 Å². The van der Waals surface area contributed by atoms with Crippen LogP contribution in [-0.4, -0.2) is 81.8 Å². The molecule has 10 heteroatoms. The van der Waals surface area contributed by atoms with Gasteiger partial charge in [0, 0.05) is 49.4 Å². The number of pyridine rings is 1. The fraction of sp³-hybridized carbons (Fsp3) is 0.429. The first-order valence-corrected chi connectivity index (χ1v) is 14.5. The number of piperidine rings is 1. The topological polar surface area (TPSA) is 112 Å². The molecule has 1 amide bonds. The molecule has 1 atom stereocenters. The highest BCUT2D eigenvalue weighted by molar-refractivity contribution is 7.91. The van der Waals surface area contributed by atoms with E-state index >= 15 is 0 Å². The van der Waals surface area contributed by atoms with Crippen molar-refractivity contribution in [2.24, 2.45) is 0 Å². The van der Waals surface area contributed by atoms with Crippen molar-refractivity contribution in [1.29, 1.82) is 0 Å². The van der Waals surface area contributed by atoms with Crippen molar-refractivity contribution in [1.82, 2.24) is 15.2 Å². The van der Waals surface area contributed by atoms with Crippen molar-refractivity contribution >= 4 is 32.3 Å². The summed E-state index contributed by atoms with van der Waals surface area (Å²) < 4.78 is 33.1. The predicted molar refractivity (Wildman–Crippen MR) is 146 cm³/mol. The second-order valence-corrected chi connectivity index (χ2v) is 11.8. The van der Waals surface area contributed by atoms with E-state index in [1.165, 1.54) is 25.4 Å². The van der Waals surface area contributed by atoms with Gasteiger partial charge in [-0.25, -0.2) is 8.42 Å². The number of carbonyl (C=O) groups is 1. The second kappa shape index (κ2) is 10.9. The monoisotopic (exact) mass is 538 g/mol. The summed E-state index contributed by atoms with van der Waals surface area (Å²) in [6.07, 6.45) is 5.26. The van der Waals surface area contributed by atoms with E-state index in [4.69, 9.17) is 4.74 Å². The molecule has 3 heterocycles. The fourth-order valence-electron chi connectivity index (χ4n) is 5.81. The zero-order valence-corrected chi connectivity index (χ0v) is 22.6. The van der Waals surface area contributed by atoms with Gasteiger partial charge in [0.1, 0.15) is 10.6 Å². The largest absolute Gasteiger partial charge is 0.497 e. The van der Waals surface area contributed by atoms with Gasteiger partial charge in [0.15, 0.2) is 0 Å². The number of likely N-dealkylation sites (tertiary alicyclic amines) is 1. The van der Waals surface area contributed by atoms with Crippen LogP contribution in [0.25, 0.3) is 10.9 Å². The summed E-state index contributed by atoms with van der Waals surface area (Å²) in [7, 11) is -0.816. The van der Waals surface area contributed by atoms with E-state index in [0.29, 0.717) is 47.0 Å². The number of nitrogens with zero attached hydrogens (tertiary/aromatic N) is 3. The van der Waals surface area contributed by atoms with E-state index in [9.17, 15) is 18.3 Å². The molecule has 5 rings (SSSR count). The van der Waals surface area contributed by atoms with Crippen LogP contribution in [0.2, 0.25) is 0 Å². The number of rotatable bonds is 7. The number of nitrogens with one attached hydrogen (secondary N) is 1. The molecular formula is C28H34N4O5S. The number of methoxy groups -OCH3 is 1. The second-order valence-electron chi connectivity index (χ2n) is 9.90. The number of aromatic nitrogens is 1. The average molecular weight is 539 g/mol. The smallest absolute Gasteiger partial charge is 0.251 e. The molecule has 2 aliphatic heterocycles. The summed E-state index contributed by atoms with van der Waals surface area (Å²) in [5.74, 6) is 0.324. The van der Waals surface area contributed by atoms with E-state index in [0.717, 1.165) is 32.2 Å². The highest BCUT2D eigenvalue weighted by Crippen LogP contribution is 2.38. The zero-order chi connectivity index (χ0) is 26.9. The van der Waals surface area contributed by atoms with Gasteiger partial charge in [0.05, 0.1) is 29.8 Å². The highest BCUT2D eigenvalue weighted by atomic mass is 32.2. The summed E-state index contributed by atoms with van der Waals surface area (Å²) in [6, 6.07) is 12.1. The number of fused-ring (bicyclic) bond motifs is 1. The Balaban J connectivity index is 1.58. The van der Waals surface area contributed by atoms with E-state index in [2.05, 4.69) is 20.1 Å². The molecule has 3 aromatic rings. The number of aliphatic hydroxyl groups is 1. The fourth-order valence-corrected chi connectivity index (χ4v) is 7.24. The molecule has 1 aromatic heterocycles. The van der Waals surface area contributed by atoms with Crippen LogP contribution in [0.3, 0.4) is 0 Å². The van der Waals surface area contributed by atoms with Crippen molar-refractivity contribution in [3.8, 4) is 5.75 Å². The third kappa shape index (κ3) is 4.83. The maximum atomic E-state index is 13.9. The quantitative estimate of drug-likeness (QED) is 0.472. The summed E-state index contributed by atoms with van der Waals surface area (Å²) in [5.41, 5.74) is 1.65. The first-order valence-electron chi connectivity index (χ1n) is 13.0. The van der Waals surface area contributed by atoms with Crippen LogP contribution in [0.4, 0.5) is 5.69 Å². The van der Waals surface area contributed by atoms with Crippen molar-refractivity contribution in [3.63, 3.8) is 0 Å². The average Bonchev–Trinajstić information content (AvgIpc) is 3.45. The van der Waals surface area contributed by atoms with Crippen molar-refractivity contribution in [2.45, 2.75) is 47.6 Å². The first kappa shape index (κ1) is 26.4. The number of hydrogen-bond donors (Lipinski definition) is 2. The molecule has 1 unspecified atom stereocenters. The third-order valence-corrected chi connectivity index (χ3v) is 9.61. The molecule has 38 heavy (non-hydrogen) atoms. The van der Waals surface area contributed by atoms with Gasteiger partial charge in [-0.05, 0) is 74.7 Å². The Morgan fingerprint density at radius 2 is 1.84 bits per heavy atom. The van der Waals surface area contributed by atoms with E-state index in [-0.39, 0.29) is 28.3 Å². The number of anilines is 1. The van der Waals surface area contributed by atoms with Crippen molar-refractivity contribution < 1.29 is 23.1 Å². The lowest BCUT2D eigenvalue weighted by atomic mass is 10.0. The Kier molecular flexibility index (Phi) is 7.56. The maximum Gasteiger partial charge on any atom is 0.251 e. The van der Waals surface area contributed by atoms with E-state index in [1.54, 1.807) is 37.4 Å². The molecule has 2 fully saturated rings. The Morgan fingerprint density at radius 3 is 2.50 bits per heavy atom. The minimum absolute atomic E-state index is 0.122. The van der Waals surface area contributed by atoms with Crippen LogP contribution in [-0.2, 0) is 9.84 Å². The van der Waals surface area contributed by atoms with E-state index in [1.807, 2.05) is 0 Å². The SMILES string of the molecule is CNC(=O)c1ccc2ncc(S(=O)(=O)c3ccc(OC)cc3)c(N3CCC(N4CCCC4CO)CC3)c2c1. The molecule has 2 aliphatic rings. The van der Waals surface area contributed by atoms with Crippen LogP contribution in [0.1, 0.15) is 36.0 Å². The van der Waals surface area contributed by atoms with Crippen LogP contribution in [0.15, 0.2) is 58.5 Å². The number of benzene rings is 2. The maximum absolute atomic E-state index is 13.9. The molecule has 0 spiro atoms. The number of carbonyl (C=O) groups excluding carboxylic acids is 1. The number of ether oxygens (including phenoxy) is 1. The number of hydrogen-bond acceptors (Lipinski definition) is 8. The standard InChI is InChI=1S/C28H34N4O5S/c1-29-28(34)19-5-10-25-24(16-19)27(31-14-11-20(12-15-31)32-13-3-4-21(32)18-33)26(17-30-25)38(35,36)23-8-6-22(37-2)7-9-23/h5-10,16-17,20-21,33H,3-4,11-15,18H2,1-2H3,(H,29,34). The van der Waals surface area contributed by atoms with Gasteiger partial charge < -0.3 is 20.1 Å². The molecule has 2 saturated heterocycles. The van der Waals surface area contributed by atoms with Crippen LogP contribution in [0, 0.1) is 0 Å². The summed E-state index contributed by atoms with van der Waals surface area (Å²) in [6.45, 7) is 2.48. The van der Waals surface area contributed by atoms with Gasteiger partial charge in [-0.2, -0.15) is 0 Å². The highest BCUT2D eigenvalue weighted by Gasteiger charge is 2.34. The number of aliphatic hydroxyl groups excluding tert-OH is 1. The molecule has 0 aliphatic carbocycles. The molecule has 0 saturated carbocycles. The molecule has 2 aromatic carbocycles. The van der Waals surface area contributed by atoms with Gasteiger partial charge in [0.2, 0.25) is 9.84 Å². The lowest BCUT2D eigenvalue weighted by Crippen LogP contribution is -2.48.